The lowest BCUT2D eigenvalue weighted by Gasteiger charge is -2.04. The number of hydrogen-bond donors (Lipinski definition) is 0. The van der Waals surface area contributed by atoms with Crippen molar-refractivity contribution in [2.45, 2.75) is 26.7 Å². The summed E-state index contributed by atoms with van der Waals surface area (Å²) in [4.78, 5) is 11.6. The Hall–Kier alpha value is -1.57. The Morgan fingerprint density at radius 1 is 1.20 bits per heavy atom. The molecule has 2 heteroatoms. The van der Waals surface area contributed by atoms with Crippen LogP contribution in [0.5, 0.6) is 0 Å². The lowest BCUT2D eigenvalue weighted by Crippen LogP contribution is -2.08. The zero-order chi connectivity index (χ0) is 11.0. The van der Waals surface area contributed by atoms with Gasteiger partial charge in [0.1, 0.15) is 5.58 Å². The molecular formula is C13H14O2. The van der Waals surface area contributed by atoms with Gasteiger partial charge in [-0.1, -0.05) is 26.0 Å². The van der Waals surface area contributed by atoms with Gasteiger partial charge in [-0.2, -0.15) is 0 Å². The molecule has 2 aromatic rings. The van der Waals surface area contributed by atoms with Crippen molar-refractivity contribution in [1.29, 1.82) is 0 Å². The van der Waals surface area contributed by atoms with E-state index >= 15 is 0 Å². The second kappa shape index (κ2) is 3.54. The Bertz CT molecular complexity index is 550. The number of benzene rings is 1. The van der Waals surface area contributed by atoms with Crippen molar-refractivity contribution in [3.8, 4) is 0 Å². The van der Waals surface area contributed by atoms with Crippen LogP contribution in [0.2, 0.25) is 0 Å². The lowest BCUT2D eigenvalue weighted by molar-refractivity contribution is 0.544. The Labute approximate surface area is 88.5 Å². The zero-order valence-corrected chi connectivity index (χ0v) is 9.20. The summed E-state index contributed by atoms with van der Waals surface area (Å²) in [6.07, 6.45) is 0. The summed E-state index contributed by atoms with van der Waals surface area (Å²) in [5.41, 5.74) is 2.29. The summed E-state index contributed by atoms with van der Waals surface area (Å²) in [7, 11) is 0. The fraction of sp³-hybridized carbons (Fsp3) is 0.308. The zero-order valence-electron chi connectivity index (χ0n) is 9.20. The van der Waals surface area contributed by atoms with Gasteiger partial charge in [-0.25, -0.2) is 4.79 Å². The van der Waals surface area contributed by atoms with Gasteiger partial charge in [0.25, 0.3) is 0 Å². The van der Waals surface area contributed by atoms with E-state index in [1.807, 2.05) is 45.0 Å². The largest absolute Gasteiger partial charge is 0.423 e. The normalized spacial score (nSPS) is 11.2. The molecule has 1 aromatic carbocycles. The van der Waals surface area contributed by atoms with E-state index in [2.05, 4.69) is 0 Å². The molecule has 0 aliphatic rings. The molecule has 0 aliphatic carbocycles. The Morgan fingerprint density at radius 3 is 2.60 bits per heavy atom. The molecule has 0 spiro atoms. The van der Waals surface area contributed by atoms with Gasteiger partial charge in [-0.15, -0.1) is 0 Å². The van der Waals surface area contributed by atoms with E-state index in [4.69, 9.17) is 4.42 Å². The topological polar surface area (TPSA) is 30.2 Å². The second-order valence-electron chi connectivity index (χ2n) is 4.19. The number of fused-ring (bicyclic) bond motifs is 1. The van der Waals surface area contributed by atoms with E-state index in [0.29, 0.717) is 5.58 Å². The molecule has 0 bridgehead atoms. The van der Waals surface area contributed by atoms with Gasteiger partial charge in [0.05, 0.1) is 0 Å². The molecule has 0 fully saturated rings. The minimum absolute atomic E-state index is 0.201. The number of aryl methyl sites for hydroxylation is 1. The van der Waals surface area contributed by atoms with Gasteiger partial charge in [0.2, 0.25) is 0 Å². The Balaban J connectivity index is 2.76. The Kier molecular flexibility index (Phi) is 2.35. The molecule has 0 saturated carbocycles. The highest BCUT2D eigenvalue weighted by atomic mass is 16.4. The van der Waals surface area contributed by atoms with Crippen LogP contribution < -0.4 is 5.63 Å². The molecule has 0 saturated heterocycles. The quantitative estimate of drug-likeness (QED) is 0.664. The number of rotatable bonds is 1. The van der Waals surface area contributed by atoms with E-state index in [0.717, 1.165) is 16.5 Å². The van der Waals surface area contributed by atoms with Crippen molar-refractivity contribution in [3.05, 3.63) is 45.8 Å². The first-order valence-corrected chi connectivity index (χ1v) is 5.12. The molecule has 1 aromatic heterocycles. The van der Waals surface area contributed by atoms with Crippen LogP contribution in [0.25, 0.3) is 11.0 Å². The fourth-order valence-electron chi connectivity index (χ4n) is 1.64. The van der Waals surface area contributed by atoms with Crippen LogP contribution >= 0.6 is 0 Å². The highest BCUT2D eigenvalue weighted by Gasteiger charge is 2.08. The molecular weight excluding hydrogens is 188 g/mol. The van der Waals surface area contributed by atoms with E-state index in [9.17, 15) is 4.79 Å². The number of hydrogen-bond acceptors (Lipinski definition) is 2. The van der Waals surface area contributed by atoms with Crippen LogP contribution in [0.15, 0.2) is 33.5 Å². The van der Waals surface area contributed by atoms with Crippen LogP contribution in [0.1, 0.15) is 30.9 Å². The van der Waals surface area contributed by atoms with Crippen molar-refractivity contribution >= 4 is 11.0 Å². The first kappa shape index (κ1) is 9.97. The minimum Gasteiger partial charge on any atom is -0.423 e. The van der Waals surface area contributed by atoms with E-state index < -0.39 is 0 Å². The maximum Gasteiger partial charge on any atom is 0.339 e. The summed E-state index contributed by atoms with van der Waals surface area (Å²) in [5.74, 6) is 0.201. The highest BCUT2D eigenvalue weighted by Crippen LogP contribution is 2.18. The van der Waals surface area contributed by atoms with Crippen molar-refractivity contribution in [2.75, 3.05) is 0 Å². The van der Waals surface area contributed by atoms with Crippen LogP contribution in [-0.4, -0.2) is 0 Å². The average Bonchev–Trinajstić information content (AvgIpc) is 2.15. The predicted octanol–water partition coefficient (Wildman–Crippen LogP) is 3.22. The molecule has 2 nitrogen and oxygen atoms in total. The summed E-state index contributed by atoms with van der Waals surface area (Å²) >= 11 is 0. The third kappa shape index (κ3) is 1.80. The van der Waals surface area contributed by atoms with Gasteiger partial charge >= 0.3 is 5.63 Å². The molecule has 0 unspecified atom stereocenters. The van der Waals surface area contributed by atoms with Crippen LogP contribution in [0, 0.1) is 6.92 Å². The van der Waals surface area contributed by atoms with Crippen LogP contribution in [-0.2, 0) is 0 Å². The monoisotopic (exact) mass is 202 g/mol. The Morgan fingerprint density at radius 2 is 1.93 bits per heavy atom. The molecule has 2 rings (SSSR count). The molecule has 78 valence electrons. The van der Waals surface area contributed by atoms with Crippen LogP contribution in [0.3, 0.4) is 0 Å². The molecule has 0 radical (unpaired) electrons. The van der Waals surface area contributed by atoms with Gasteiger partial charge in [0.15, 0.2) is 0 Å². The molecule has 0 N–H and O–H groups in total. The van der Waals surface area contributed by atoms with E-state index in [-0.39, 0.29) is 11.5 Å². The molecule has 0 aliphatic heterocycles. The first-order chi connectivity index (χ1) is 7.08. The summed E-state index contributed by atoms with van der Waals surface area (Å²) in [5, 5.41) is 0.990. The SMILES string of the molecule is Cc1ccc2cc(C(C)C)c(=O)oc2c1. The fourth-order valence-corrected chi connectivity index (χ4v) is 1.64. The average molecular weight is 202 g/mol. The maximum atomic E-state index is 11.6. The predicted molar refractivity (Wildman–Crippen MR) is 61.3 cm³/mol. The van der Waals surface area contributed by atoms with Gasteiger partial charge in [-0.05, 0) is 30.5 Å². The maximum absolute atomic E-state index is 11.6. The van der Waals surface area contributed by atoms with Gasteiger partial charge in [-0.3, -0.25) is 0 Å². The third-order valence-corrected chi connectivity index (χ3v) is 2.54. The second-order valence-corrected chi connectivity index (χ2v) is 4.19. The van der Waals surface area contributed by atoms with Crippen LogP contribution in [0.4, 0.5) is 0 Å². The molecule has 0 atom stereocenters. The summed E-state index contributed by atoms with van der Waals surface area (Å²) < 4.78 is 5.28. The minimum atomic E-state index is -0.219. The summed E-state index contributed by atoms with van der Waals surface area (Å²) in [6, 6.07) is 7.82. The van der Waals surface area contributed by atoms with E-state index in [1.54, 1.807) is 0 Å². The lowest BCUT2D eigenvalue weighted by atomic mass is 10.0. The van der Waals surface area contributed by atoms with Crippen molar-refractivity contribution in [2.24, 2.45) is 0 Å². The standard InChI is InChI=1S/C13H14O2/c1-8(2)11-7-10-5-4-9(3)6-12(10)15-13(11)14/h4-8H,1-3H3. The molecule has 15 heavy (non-hydrogen) atoms. The smallest absolute Gasteiger partial charge is 0.339 e. The van der Waals surface area contributed by atoms with Crippen molar-refractivity contribution < 1.29 is 4.42 Å². The van der Waals surface area contributed by atoms with Gasteiger partial charge < -0.3 is 4.42 Å². The van der Waals surface area contributed by atoms with Gasteiger partial charge in [0, 0.05) is 10.9 Å². The van der Waals surface area contributed by atoms with E-state index in [1.165, 1.54) is 0 Å². The molecule has 1 heterocycles. The highest BCUT2D eigenvalue weighted by molar-refractivity contribution is 5.77. The third-order valence-electron chi connectivity index (χ3n) is 2.54. The van der Waals surface area contributed by atoms with Crippen molar-refractivity contribution in [3.63, 3.8) is 0 Å². The van der Waals surface area contributed by atoms with Crippen molar-refractivity contribution in [1.82, 2.24) is 0 Å². The molecule has 0 amide bonds. The first-order valence-electron chi connectivity index (χ1n) is 5.12. The summed E-state index contributed by atoms with van der Waals surface area (Å²) in [6.45, 7) is 5.97.